The van der Waals surface area contributed by atoms with E-state index in [1.54, 1.807) is 0 Å². The molecule has 2 aromatic rings. The molecule has 0 saturated carbocycles. The third-order valence-corrected chi connectivity index (χ3v) is 3.84. The average molecular weight is 354 g/mol. The van der Waals surface area contributed by atoms with Crippen LogP contribution in [0, 0.1) is 10.1 Å². The van der Waals surface area contributed by atoms with Gasteiger partial charge < -0.3 is 0 Å². The summed E-state index contributed by atoms with van der Waals surface area (Å²) in [5, 5.41) is 11.4. The maximum absolute atomic E-state index is 11.8. The lowest BCUT2D eigenvalue weighted by molar-refractivity contribution is -0.386. The number of rotatable bonds is 5. The first kappa shape index (κ1) is 15.2. The molecule has 1 aromatic heterocycles. The van der Waals surface area contributed by atoms with E-state index in [1.807, 2.05) is 35.3 Å². The topological polar surface area (TPSA) is 98.0 Å². The summed E-state index contributed by atoms with van der Waals surface area (Å²) in [6.45, 7) is 0.228. The van der Waals surface area contributed by atoms with Crippen molar-refractivity contribution in [1.29, 1.82) is 0 Å². The summed E-state index contributed by atoms with van der Waals surface area (Å²) in [7, 11) is 0. The molecule has 8 heteroatoms. The number of nitrogens with zero attached hydrogens (tertiary/aromatic N) is 2. The predicted octanol–water partition coefficient (Wildman–Crippen LogP) is 1.62. The van der Waals surface area contributed by atoms with E-state index in [1.165, 1.54) is 0 Å². The highest BCUT2D eigenvalue weighted by molar-refractivity contribution is 9.09. The molecule has 1 aromatic carbocycles. The van der Waals surface area contributed by atoms with Gasteiger partial charge in [0.2, 0.25) is 0 Å². The molecule has 2 rings (SSSR count). The number of halogens is 1. The van der Waals surface area contributed by atoms with Crippen molar-refractivity contribution < 1.29 is 4.92 Å². The molecule has 0 aliphatic heterocycles. The molecule has 1 N–H and O–H groups in total. The van der Waals surface area contributed by atoms with Crippen molar-refractivity contribution in [3.05, 3.63) is 73.0 Å². The smallest absolute Gasteiger partial charge is 0.293 e. The molecule has 0 amide bonds. The van der Waals surface area contributed by atoms with Gasteiger partial charge in [-0.05, 0) is 5.56 Å². The van der Waals surface area contributed by atoms with Crippen molar-refractivity contribution >= 4 is 21.6 Å². The average Bonchev–Trinajstić information content (AvgIpc) is 2.47. The zero-order valence-electron chi connectivity index (χ0n) is 10.9. The van der Waals surface area contributed by atoms with E-state index in [2.05, 4.69) is 15.9 Å². The Morgan fingerprint density at radius 3 is 2.52 bits per heavy atom. The highest BCUT2D eigenvalue weighted by Crippen LogP contribution is 2.19. The van der Waals surface area contributed by atoms with Crippen molar-refractivity contribution in [1.82, 2.24) is 9.55 Å². The van der Waals surface area contributed by atoms with Gasteiger partial charge in [-0.2, -0.15) is 0 Å². The van der Waals surface area contributed by atoms with Gasteiger partial charge in [-0.25, -0.2) is 4.79 Å². The summed E-state index contributed by atoms with van der Waals surface area (Å²) in [6, 6.07) is 9.46. The number of H-pyrrole nitrogens is 1. The van der Waals surface area contributed by atoms with Crippen molar-refractivity contribution in [2.75, 3.05) is 5.33 Å². The minimum absolute atomic E-state index is 0.0468. The van der Waals surface area contributed by atoms with Crippen molar-refractivity contribution in [2.45, 2.75) is 12.5 Å². The lowest BCUT2D eigenvalue weighted by atomic mass is 10.0. The number of aromatic nitrogens is 2. The first-order chi connectivity index (χ1) is 10.0. The number of benzene rings is 1. The zero-order chi connectivity index (χ0) is 15.4. The van der Waals surface area contributed by atoms with Crippen LogP contribution in [0.4, 0.5) is 5.69 Å². The summed E-state index contributed by atoms with van der Waals surface area (Å²) in [6.07, 6.45) is 0.986. The number of hydrogen-bond donors (Lipinski definition) is 1. The number of aromatic amines is 1. The van der Waals surface area contributed by atoms with Gasteiger partial charge in [-0.1, -0.05) is 46.3 Å². The Labute approximate surface area is 127 Å². The molecule has 0 aliphatic rings. The van der Waals surface area contributed by atoms with E-state index < -0.39 is 21.9 Å². The van der Waals surface area contributed by atoms with Crippen LogP contribution < -0.4 is 11.2 Å². The van der Waals surface area contributed by atoms with E-state index >= 15 is 0 Å². The van der Waals surface area contributed by atoms with Gasteiger partial charge in [-0.3, -0.25) is 24.5 Å². The maximum Gasteiger partial charge on any atom is 0.350 e. The lowest BCUT2D eigenvalue weighted by Gasteiger charge is -2.15. The standard InChI is InChI=1S/C13H12BrN3O4/c14-6-10(9-4-2-1-3-5-9)7-16-8-11(17(20)21)12(18)15-13(16)19/h1-5,8,10H,6-7H2,(H,15,18,19). The van der Waals surface area contributed by atoms with Crippen molar-refractivity contribution in [2.24, 2.45) is 0 Å². The normalized spacial score (nSPS) is 12.0. The molecule has 0 spiro atoms. The Morgan fingerprint density at radius 1 is 1.29 bits per heavy atom. The largest absolute Gasteiger partial charge is 0.350 e. The molecular weight excluding hydrogens is 342 g/mol. The first-order valence-electron chi connectivity index (χ1n) is 6.12. The fraction of sp³-hybridized carbons (Fsp3) is 0.231. The summed E-state index contributed by atoms with van der Waals surface area (Å²) < 4.78 is 1.15. The second-order valence-electron chi connectivity index (χ2n) is 4.44. The van der Waals surface area contributed by atoms with Crippen LogP contribution in [0.25, 0.3) is 0 Å². The molecule has 110 valence electrons. The van der Waals surface area contributed by atoms with Crippen LogP contribution >= 0.6 is 15.9 Å². The molecule has 1 unspecified atom stereocenters. The van der Waals surface area contributed by atoms with E-state index in [0.717, 1.165) is 16.3 Å². The van der Waals surface area contributed by atoms with E-state index in [-0.39, 0.29) is 12.5 Å². The van der Waals surface area contributed by atoms with Crippen molar-refractivity contribution in [3.63, 3.8) is 0 Å². The number of hydrogen-bond acceptors (Lipinski definition) is 4. The Morgan fingerprint density at radius 2 is 1.95 bits per heavy atom. The zero-order valence-corrected chi connectivity index (χ0v) is 12.4. The minimum Gasteiger partial charge on any atom is -0.293 e. The van der Waals surface area contributed by atoms with Crippen LogP contribution in [0.2, 0.25) is 0 Å². The van der Waals surface area contributed by atoms with Gasteiger partial charge >= 0.3 is 16.9 Å². The quantitative estimate of drug-likeness (QED) is 0.501. The van der Waals surface area contributed by atoms with Gasteiger partial charge in [0.1, 0.15) is 0 Å². The van der Waals surface area contributed by atoms with E-state index in [4.69, 9.17) is 0 Å². The molecule has 0 aliphatic carbocycles. The second kappa shape index (κ2) is 6.49. The summed E-state index contributed by atoms with van der Waals surface area (Å²) >= 11 is 3.38. The predicted molar refractivity (Wildman–Crippen MR) is 81.0 cm³/mol. The summed E-state index contributed by atoms with van der Waals surface area (Å²) in [5.41, 5.74) is -1.30. The highest BCUT2D eigenvalue weighted by atomic mass is 79.9. The van der Waals surface area contributed by atoms with Crippen molar-refractivity contribution in [3.8, 4) is 0 Å². The fourth-order valence-corrected chi connectivity index (χ4v) is 2.55. The third-order valence-electron chi connectivity index (χ3n) is 3.06. The van der Waals surface area contributed by atoms with Crippen LogP contribution in [-0.2, 0) is 6.54 Å². The summed E-state index contributed by atoms with van der Waals surface area (Å²) in [4.78, 5) is 35.0. The van der Waals surface area contributed by atoms with Crippen LogP contribution in [0.15, 0.2) is 46.1 Å². The van der Waals surface area contributed by atoms with Crippen LogP contribution in [0.3, 0.4) is 0 Å². The lowest BCUT2D eigenvalue weighted by Crippen LogP contribution is -2.32. The number of nitro groups is 1. The molecule has 1 heterocycles. The molecule has 21 heavy (non-hydrogen) atoms. The van der Waals surface area contributed by atoms with E-state index in [0.29, 0.717) is 5.33 Å². The van der Waals surface area contributed by atoms with Crippen LogP contribution in [-0.4, -0.2) is 19.8 Å². The van der Waals surface area contributed by atoms with Crippen LogP contribution in [0.5, 0.6) is 0 Å². The molecule has 7 nitrogen and oxygen atoms in total. The SMILES string of the molecule is O=c1[nH]c(=O)n(CC(CBr)c2ccccc2)cc1[N+](=O)[O-]. The van der Waals surface area contributed by atoms with E-state index in [9.17, 15) is 19.7 Å². The Bertz CT molecular complexity index is 754. The Balaban J connectivity index is 2.38. The molecular formula is C13H12BrN3O4. The molecule has 0 bridgehead atoms. The molecule has 0 fully saturated rings. The van der Waals surface area contributed by atoms with Gasteiger partial charge in [0.25, 0.3) is 0 Å². The van der Waals surface area contributed by atoms with Crippen LogP contribution in [0.1, 0.15) is 11.5 Å². The Hall–Kier alpha value is -2.22. The minimum atomic E-state index is -0.989. The molecule has 0 radical (unpaired) electrons. The maximum atomic E-state index is 11.8. The van der Waals surface area contributed by atoms with Gasteiger partial charge in [0, 0.05) is 17.8 Å². The third kappa shape index (κ3) is 3.46. The monoisotopic (exact) mass is 353 g/mol. The number of nitrogens with one attached hydrogen (secondary N) is 1. The highest BCUT2D eigenvalue weighted by Gasteiger charge is 2.17. The van der Waals surface area contributed by atoms with Gasteiger partial charge in [-0.15, -0.1) is 0 Å². The molecule has 0 saturated heterocycles. The number of alkyl halides is 1. The second-order valence-corrected chi connectivity index (χ2v) is 5.09. The van der Waals surface area contributed by atoms with Gasteiger partial charge in [0.05, 0.1) is 11.1 Å². The first-order valence-corrected chi connectivity index (χ1v) is 7.24. The Kier molecular flexibility index (Phi) is 4.69. The van der Waals surface area contributed by atoms with Gasteiger partial charge in [0.15, 0.2) is 0 Å². The molecule has 1 atom stereocenters. The fourth-order valence-electron chi connectivity index (χ4n) is 1.97. The summed E-state index contributed by atoms with van der Waals surface area (Å²) in [5.74, 6) is -0.0468.